The Morgan fingerprint density at radius 2 is 2.13 bits per heavy atom. The van der Waals surface area contributed by atoms with Gasteiger partial charge in [-0.2, -0.15) is 0 Å². The van der Waals surface area contributed by atoms with Crippen molar-refractivity contribution < 1.29 is 18.7 Å². The summed E-state index contributed by atoms with van der Waals surface area (Å²) in [5.41, 5.74) is 8.77. The van der Waals surface area contributed by atoms with Gasteiger partial charge >= 0.3 is 5.97 Å². The van der Waals surface area contributed by atoms with Crippen LogP contribution in [0, 0.1) is 6.92 Å². The van der Waals surface area contributed by atoms with Crippen LogP contribution in [-0.4, -0.2) is 22.5 Å². The zero-order valence-corrected chi connectivity index (χ0v) is 16.6. The van der Waals surface area contributed by atoms with Gasteiger partial charge in [0.05, 0.1) is 18.0 Å². The number of rotatable bonds is 6. The third kappa shape index (κ3) is 3.90. The Kier molecular flexibility index (Phi) is 5.25. The standard InChI is InChI=1S/C21H21N5O4/c1-3-28-20(27)17-10-13(12(2)29-17)11-24-21-23-9-8-15(26-21)18(22)19-25-14-6-4-5-7-16(14)30-19/h4-10,25H,3,11,22H2,1-2H3,(H,23,24,26)/b19-18+. The summed E-state index contributed by atoms with van der Waals surface area (Å²) in [5, 5.41) is 6.25. The van der Waals surface area contributed by atoms with Gasteiger partial charge in [-0.25, -0.2) is 14.8 Å². The van der Waals surface area contributed by atoms with Gasteiger partial charge in [-0.1, -0.05) is 12.1 Å². The van der Waals surface area contributed by atoms with E-state index in [-0.39, 0.29) is 12.4 Å². The van der Waals surface area contributed by atoms with E-state index in [1.54, 1.807) is 32.2 Å². The first kappa shape index (κ1) is 19.3. The molecule has 0 atom stereocenters. The maximum Gasteiger partial charge on any atom is 0.374 e. The Hall–Kier alpha value is -4.01. The minimum atomic E-state index is -0.491. The molecule has 154 valence electrons. The van der Waals surface area contributed by atoms with E-state index >= 15 is 0 Å². The molecule has 0 bridgehead atoms. The molecular formula is C21H21N5O4. The van der Waals surface area contributed by atoms with Crippen LogP contribution in [0.3, 0.4) is 0 Å². The minimum Gasteiger partial charge on any atom is -0.460 e. The molecule has 4 N–H and O–H groups in total. The number of esters is 1. The summed E-state index contributed by atoms with van der Waals surface area (Å²) in [7, 11) is 0. The molecule has 0 amide bonds. The summed E-state index contributed by atoms with van der Waals surface area (Å²) in [6, 6.07) is 10.9. The number of furan rings is 1. The number of nitrogens with two attached hydrogens (primary N) is 1. The average Bonchev–Trinajstić information content (AvgIpc) is 3.35. The van der Waals surface area contributed by atoms with Crippen LogP contribution in [-0.2, 0) is 11.3 Å². The Labute approximate surface area is 172 Å². The Bertz CT molecular complexity index is 1100. The van der Waals surface area contributed by atoms with Crippen LogP contribution in [0.5, 0.6) is 5.75 Å². The molecule has 0 aliphatic carbocycles. The number of hydrogen-bond donors (Lipinski definition) is 3. The molecule has 0 saturated heterocycles. The molecule has 0 radical (unpaired) electrons. The van der Waals surface area contributed by atoms with E-state index in [9.17, 15) is 4.79 Å². The van der Waals surface area contributed by atoms with Crippen molar-refractivity contribution in [2.45, 2.75) is 20.4 Å². The largest absolute Gasteiger partial charge is 0.460 e. The second kappa shape index (κ2) is 8.16. The number of carbonyl (C=O) groups excluding carboxylic acids is 1. The van der Waals surface area contributed by atoms with Gasteiger partial charge in [-0.3, -0.25) is 0 Å². The number of benzene rings is 1. The van der Waals surface area contributed by atoms with Crippen LogP contribution in [0.4, 0.5) is 11.6 Å². The first-order chi connectivity index (χ1) is 14.5. The molecule has 1 aliphatic heterocycles. The molecule has 1 aliphatic rings. The molecule has 0 unspecified atom stereocenters. The molecule has 1 aromatic carbocycles. The molecule has 3 aromatic rings. The van der Waals surface area contributed by atoms with E-state index in [0.717, 1.165) is 11.3 Å². The average molecular weight is 407 g/mol. The minimum absolute atomic E-state index is 0.166. The smallest absolute Gasteiger partial charge is 0.374 e. The molecule has 2 aromatic heterocycles. The second-order valence-electron chi connectivity index (χ2n) is 6.50. The van der Waals surface area contributed by atoms with Gasteiger partial charge in [0.15, 0.2) is 5.75 Å². The van der Waals surface area contributed by atoms with Crippen molar-refractivity contribution >= 4 is 23.3 Å². The number of ether oxygens (including phenoxy) is 2. The van der Waals surface area contributed by atoms with Crippen molar-refractivity contribution in [1.82, 2.24) is 9.97 Å². The number of anilines is 2. The molecule has 0 spiro atoms. The number of para-hydroxylation sites is 2. The lowest BCUT2D eigenvalue weighted by Gasteiger charge is -2.08. The summed E-state index contributed by atoms with van der Waals surface area (Å²) < 4.78 is 16.2. The highest BCUT2D eigenvalue weighted by molar-refractivity contribution is 5.86. The number of aryl methyl sites for hydroxylation is 1. The predicted molar refractivity (Wildman–Crippen MR) is 111 cm³/mol. The van der Waals surface area contributed by atoms with Crippen molar-refractivity contribution in [2.24, 2.45) is 5.73 Å². The summed E-state index contributed by atoms with van der Waals surface area (Å²) in [6.07, 6.45) is 1.60. The Morgan fingerprint density at radius 1 is 1.30 bits per heavy atom. The van der Waals surface area contributed by atoms with Crippen LogP contribution in [0.25, 0.3) is 5.70 Å². The fourth-order valence-electron chi connectivity index (χ4n) is 2.92. The zero-order chi connectivity index (χ0) is 21.1. The number of nitrogens with one attached hydrogen (secondary N) is 2. The Balaban J connectivity index is 1.47. The maximum atomic E-state index is 11.8. The highest BCUT2D eigenvalue weighted by Gasteiger charge is 2.20. The van der Waals surface area contributed by atoms with Gasteiger partial charge in [0, 0.05) is 18.3 Å². The van der Waals surface area contributed by atoms with Gasteiger partial charge in [-0.15, -0.1) is 0 Å². The first-order valence-corrected chi connectivity index (χ1v) is 9.42. The third-order valence-corrected chi connectivity index (χ3v) is 4.46. The fraction of sp³-hybridized carbons (Fsp3) is 0.190. The van der Waals surface area contributed by atoms with Crippen LogP contribution in [0.15, 0.2) is 52.9 Å². The lowest BCUT2D eigenvalue weighted by atomic mass is 10.2. The molecule has 3 heterocycles. The lowest BCUT2D eigenvalue weighted by molar-refractivity contribution is 0.0488. The predicted octanol–water partition coefficient (Wildman–Crippen LogP) is 3.26. The van der Waals surface area contributed by atoms with E-state index in [4.69, 9.17) is 19.6 Å². The Morgan fingerprint density at radius 3 is 2.93 bits per heavy atom. The van der Waals surface area contributed by atoms with Crippen LogP contribution >= 0.6 is 0 Å². The summed E-state index contributed by atoms with van der Waals surface area (Å²) >= 11 is 0. The zero-order valence-electron chi connectivity index (χ0n) is 16.6. The molecule has 4 rings (SSSR count). The van der Waals surface area contributed by atoms with E-state index in [1.165, 1.54) is 0 Å². The van der Waals surface area contributed by atoms with E-state index in [2.05, 4.69) is 20.6 Å². The van der Waals surface area contributed by atoms with Crippen molar-refractivity contribution in [3.63, 3.8) is 0 Å². The number of aromatic nitrogens is 2. The van der Waals surface area contributed by atoms with E-state index in [1.807, 2.05) is 24.3 Å². The monoisotopic (exact) mass is 407 g/mol. The van der Waals surface area contributed by atoms with Crippen molar-refractivity contribution in [3.05, 3.63) is 71.3 Å². The summed E-state index contributed by atoms with van der Waals surface area (Å²) in [5.74, 6) is 1.80. The number of nitrogens with zero attached hydrogens (tertiary/aromatic N) is 2. The third-order valence-electron chi connectivity index (χ3n) is 4.46. The van der Waals surface area contributed by atoms with Crippen molar-refractivity contribution in [1.29, 1.82) is 0 Å². The van der Waals surface area contributed by atoms with E-state index < -0.39 is 5.97 Å². The topological polar surface area (TPSA) is 125 Å². The quantitative estimate of drug-likeness (QED) is 0.528. The summed E-state index contributed by atoms with van der Waals surface area (Å²) in [4.78, 5) is 20.5. The highest BCUT2D eigenvalue weighted by atomic mass is 16.5. The van der Waals surface area contributed by atoms with Gasteiger partial charge in [0.1, 0.15) is 11.5 Å². The van der Waals surface area contributed by atoms with Gasteiger partial charge in [0.2, 0.25) is 17.6 Å². The highest BCUT2D eigenvalue weighted by Crippen LogP contribution is 2.34. The molecular weight excluding hydrogens is 386 g/mol. The van der Waals surface area contributed by atoms with Crippen LogP contribution in [0.1, 0.15) is 34.5 Å². The van der Waals surface area contributed by atoms with Crippen LogP contribution < -0.4 is 21.1 Å². The molecule has 0 fully saturated rings. The second-order valence-corrected chi connectivity index (χ2v) is 6.50. The first-order valence-electron chi connectivity index (χ1n) is 9.42. The van der Waals surface area contributed by atoms with Crippen molar-refractivity contribution in [3.8, 4) is 5.75 Å². The molecule has 9 nitrogen and oxygen atoms in total. The molecule has 30 heavy (non-hydrogen) atoms. The number of carbonyl (C=O) groups is 1. The van der Waals surface area contributed by atoms with Crippen LogP contribution in [0.2, 0.25) is 0 Å². The van der Waals surface area contributed by atoms with Gasteiger partial charge in [-0.05, 0) is 38.1 Å². The lowest BCUT2D eigenvalue weighted by Crippen LogP contribution is -2.12. The summed E-state index contributed by atoms with van der Waals surface area (Å²) in [6.45, 7) is 4.18. The number of fused-ring (bicyclic) bond motifs is 1. The maximum absolute atomic E-state index is 11.8. The fourth-order valence-corrected chi connectivity index (χ4v) is 2.92. The normalized spacial score (nSPS) is 13.8. The van der Waals surface area contributed by atoms with E-state index in [0.29, 0.717) is 41.3 Å². The van der Waals surface area contributed by atoms with Gasteiger partial charge < -0.3 is 30.3 Å². The van der Waals surface area contributed by atoms with Crippen molar-refractivity contribution in [2.75, 3.05) is 17.2 Å². The molecule has 0 saturated carbocycles. The number of hydrogen-bond acceptors (Lipinski definition) is 9. The van der Waals surface area contributed by atoms with Gasteiger partial charge in [0.25, 0.3) is 0 Å². The SMILES string of the molecule is CCOC(=O)c1cc(CNc2nccc(/C(N)=C3/Nc4ccccc4O3)n2)c(C)o1. The molecule has 9 heteroatoms.